The highest BCUT2D eigenvalue weighted by Gasteiger charge is 2.17. The zero-order valence-corrected chi connectivity index (χ0v) is 15.5. The molecule has 0 radical (unpaired) electrons. The maximum absolute atomic E-state index is 12.8. The van der Waals surface area contributed by atoms with E-state index in [0.29, 0.717) is 17.6 Å². The molecular formula is C21H23N3O2. The largest absolute Gasteiger partial charge is 0.366 e. The van der Waals surface area contributed by atoms with Crippen molar-refractivity contribution in [1.82, 2.24) is 9.55 Å². The minimum absolute atomic E-state index is 0.0624. The Morgan fingerprint density at radius 1 is 1.23 bits per heavy atom. The Hall–Kier alpha value is -3.08. The highest BCUT2D eigenvalue weighted by Crippen LogP contribution is 2.33. The van der Waals surface area contributed by atoms with Crippen LogP contribution >= 0.6 is 0 Å². The number of nitrogens with one attached hydrogen (secondary N) is 1. The number of rotatable bonds is 4. The first-order chi connectivity index (χ1) is 12.3. The first-order valence-electron chi connectivity index (χ1n) is 8.55. The molecule has 5 nitrogen and oxygen atoms in total. The van der Waals surface area contributed by atoms with Crippen molar-refractivity contribution in [1.29, 1.82) is 0 Å². The average Bonchev–Trinajstić information content (AvgIpc) is 3.05. The second kappa shape index (κ2) is 6.67. The molecule has 0 bridgehead atoms. The van der Waals surface area contributed by atoms with Crippen molar-refractivity contribution in [3.05, 3.63) is 69.3 Å². The number of nitrogens with two attached hydrogens (primary N) is 1. The Morgan fingerprint density at radius 2 is 1.96 bits per heavy atom. The van der Waals surface area contributed by atoms with E-state index in [2.05, 4.69) is 4.98 Å². The van der Waals surface area contributed by atoms with Crippen LogP contribution in [0.5, 0.6) is 0 Å². The summed E-state index contributed by atoms with van der Waals surface area (Å²) >= 11 is 0. The second-order valence-electron chi connectivity index (χ2n) is 6.84. The maximum Gasteiger partial charge on any atom is 0.275 e. The zero-order valence-electron chi connectivity index (χ0n) is 15.5. The first kappa shape index (κ1) is 17.7. The highest BCUT2D eigenvalue weighted by atomic mass is 16.1. The van der Waals surface area contributed by atoms with Gasteiger partial charge < -0.3 is 15.3 Å². The molecule has 0 aliphatic heterocycles. The van der Waals surface area contributed by atoms with Crippen LogP contribution in [0.15, 0.2) is 47.0 Å². The Morgan fingerprint density at radius 3 is 2.62 bits per heavy atom. The van der Waals surface area contributed by atoms with Gasteiger partial charge in [-0.3, -0.25) is 9.59 Å². The fourth-order valence-corrected chi connectivity index (χ4v) is 3.34. The molecule has 3 aromatic rings. The minimum atomic E-state index is -0.452. The van der Waals surface area contributed by atoms with E-state index in [-0.39, 0.29) is 5.56 Å². The van der Waals surface area contributed by atoms with Gasteiger partial charge in [-0.25, -0.2) is 0 Å². The van der Waals surface area contributed by atoms with Crippen molar-refractivity contribution in [3.63, 3.8) is 0 Å². The topological polar surface area (TPSA) is 80.9 Å². The predicted octanol–water partition coefficient (Wildman–Crippen LogP) is 3.68. The molecule has 26 heavy (non-hydrogen) atoms. The number of allylic oxidation sites excluding steroid dienone is 2. The Labute approximate surface area is 152 Å². The maximum atomic E-state index is 12.8. The molecule has 0 unspecified atom stereocenters. The Balaban J connectivity index is 2.36. The number of carbonyl (C=O) groups is 1. The normalized spacial score (nSPS) is 10.9. The van der Waals surface area contributed by atoms with Gasteiger partial charge in [-0.05, 0) is 56.5 Å². The van der Waals surface area contributed by atoms with Gasteiger partial charge in [0.15, 0.2) is 0 Å². The lowest BCUT2D eigenvalue weighted by Gasteiger charge is -2.16. The van der Waals surface area contributed by atoms with E-state index in [1.807, 2.05) is 52.1 Å². The number of carbonyl (C=O) groups excluding carboxylic acids is 1. The summed E-state index contributed by atoms with van der Waals surface area (Å²) in [6, 6.07) is 5.55. The van der Waals surface area contributed by atoms with Crippen LogP contribution in [-0.4, -0.2) is 15.5 Å². The van der Waals surface area contributed by atoms with Crippen LogP contribution in [0.25, 0.3) is 22.0 Å². The van der Waals surface area contributed by atoms with E-state index in [4.69, 9.17) is 5.73 Å². The number of benzene rings is 1. The van der Waals surface area contributed by atoms with Gasteiger partial charge in [0.2, 0.25) is 5.91 Å². The summed E-state index contributed by atoms with van der Waals surface area (Å²) in [5.74, 6) is -0.452. The fourth-order valence-electron chi connectivity index (χ4n) is 3.34. The van der Waals surface area contributed by atoms with Crippen LogP contribution in [0.3, 0.4) is 0 Å². The van der Waals surface area contributed by atoms with Gasteiger partial charge in [-0.15, -0.1) is 0 Å². The van der Waals surface area contributed by atoms with Crippen LogP contribution in [0.1, 0.15) is 35.3 Å². The minimum Gasteiger partial charge on any atom is -0.366 e. The van der Waals surface area contributed by atoms with Crippen molar-refractivity contribution in [2.24, 2.45) is 5.73 Å². The number of aromatic amines is 1. The molecule has 1 aromatic carbocycles. The molecule has 134 valence electrons. The molecule has 5 heteroatoms. The van der Waals surface area contributed by atoms with Crippen LogP contribution in [0.4, 0.5) is 0 Å². The number of aromatic nitrogens is 2. The summed E-state index contributed by atoms with van der Waals surface area (Å²) in [6.45, 7) is 8.40. The molecule has 2 aromatic heterocycles. The molecule has 0 spiro atoms. The van der Waals surface area contributed by atoms with Gasteiger partial charge in [-0.1, -0.05) is 17.7 Å². The van der Waals surface area contributed by atoms with Crippen molar-refractivity contribution in [3.8, 4) is 11.1 Å². The summed E-state index contributed by atoms with van der Waals surface area (Å²) in [4.78, 5) is 27.6. The van der Waals surface area contributed by atoms with E-state index >= 15 is 0 Å². The third kappa shape index (κ3) is 2.96. The fraction of sp³-hybridized carbons (Fsp3) is 0.238. The van der Waals surface area contributed by atoms with Gasteiger partial charge >= 0.3 is 0 Å². The third-order valence-electron chi connectivity index (χ3n) is 4.70. The molecule has 0 saturated carbocycles. The summed E-state index contributed by atoms with van der Waals surface area (Å²) in [5.41, 5.74) is 11.4. The van der Waals surface area contributed by atoms with Crippen molar-refractivity contribution >= 4 is 16.8 Å². The van der Waals surface area contributed by atoms with Gasteiger partial charge in [-0.2, -0.15) is 0 Å². The number of hydrogen-bond acceptors (Lipinski definition) is 2. The number of pyridine rings is 1. The van der Waals surface area contributed by atoms with Crippen molar-refractivity contribution in [2.45, 2.75) is 34.2 Å². The molecule has 2 heterocycles. The van der Waals surface area contributed by atoms with E-state index in [0.717, 1.165) is 33.2 Å². The molecular weight excluding hydrogens is 326 g/mol. The van der Waals surface area contributed by atoms with Crippen molar-refractivity contribution < 1.29 is 4.79 Å². The zero-order chi connectivity index (χ0) is 19.0. The lowest BCUT2D eigenvalue weighted by atomic mass is 9.91. The number of hydrogen-bond donors (Lipinski definition) is 2. The first-order valence-corrected chi connectivity index (χ1v) is 8.55. The monoisotopic (exact) mass is 349 g/mol. The summed E-state index contributed by atoms with van der Waals surface area (Å²) in [5, 5.41) is 0.844. The highest BCUT2D eigenvalue weighted by molar-refractivity contribution is 6.00. The number of aryl methyl sites for hydroxylation is 1. The van der Waals surface area contributed by atoms with Crippen LogP contribution in [0.2, 0.25) is 0 Å². The molecule has 3 N–H and O–H groups in total. The lowest BCUT2D eigenvalue weighted by molar-refractivity contribution is 0.1000. The van der Waals surface area contributed by atoms with E-state index in [1.54, 1.807) is 16.8 Å². The van der Waals surface area contributed by atoms with E-state index in [9.17, 15) is 9.59 Å². The number of H-pyrrole nitrogens is 1. The Kier molecular flexibility index (Phi) is 4.55. The average molecular weight is 349 g/mol. The number of amides is 1. The second-order valence-corrected chi connectivity index (χ2v) is 6.84. The van der Waals surface area contributed by atoms with Crippen LogP contribution < -0.4 is 11.3 Å². The quantitative estimate of drug-likeness (QED) is 0.705. The van der Waals surface area contributed by atoms with Crippen molar-refractivity contribution in [2.75, 3.05) is 0 Å². The van der Waals surface area contributed by atoms with Crippen LogP contribution in [-0.2, 0) is 6.54 Å². The molecule has 1 amide bonds. The lowest BCUT2D eigenvalue weighted by Crippen LogP contribution is -2.20. The molecule has 0 aliphatic carbocycles. The van der Waals surface area contributed by atoms with Gasteiger partial charge in [0.1, 0.15) is 5.52 Å². The SMILES string of the molecule is CC(C)=CCn1cc(-c2c(C)ccc(C(N)=O)c2C)c2cc[nH]c2c1=O. The smallest absolute Gasteiger partial charge is 0.275 e. The summed E-state index contributed by atoms with van der Waals surface area (Å²) in [7, 11) is 0. The predicted molar refractivity (Wildman–Crippen MR) is 105 cm³/mol. The van der Waals surface area contributed by atoms with Gasteiger partial charge in [0.25, 0.3) is 5.56 Å². The number of nitrogens with zero attached hydrogens (tertiary/aromatic N) is 1. The summed E-state index contributed by atoms with van der Waals surface area (Å²) in [6.07, 6.45) is 5.65. The van der Waals surface area contributed by atoms with Crippen LogP contribution in [0, 0.1) is 13.8 Å². The molecule has 0 fully saturated rings. The molecule has 0 aliphatic rings. The summed E-state index contributed by atoms with van der Waals surface area (Å²) < 4.78 is 1.69. The number of fused-ring (bicyclic) bond motifs is 1. The molecule has 0 atom stereocenters. The number of primary amides is 1. The molecule has 3 rings (SSSR count). The van der Waals surface area contributed by atoms with E-state index in [1.165, 1.54) is 0 Å². The standard InChI is InChI=1S/C21H23N3O2/c1-12(2)8-10-24-11-17(16-7-9-23-19(16)21(24)26)18-13(3)5-6-15(14(18)4)20(22)25/h5-9,11,23H,10H2,1-4H3,(H2,22,25). The Bertz CT molecular complexity index is 1100. The van der Waals surface area contributed by atoms with Gasteiger partial charge in [0.05, 0.1) is 0 Å². The van der Waals surface area contributed by atoms with Gasteiger partial charge in [0, 0.05) is 35.5 Å². The molecule has 0 saturated heterocycles. The van der Waals surface area contributed by atoms with E-state index < -0.39 is 5.91 Å². The third-order valence-corrected chi connectivity index (χ3v) is 4.70.